The summed E-state index contributed by atoms with van der Waals surface area (Å²) < 4.78 is 0. The van der Waals surface area contributed by atoms with Crippen LogP contribution >= 0.6 is 0 Å². The molecule has 0 aliphatic heterocycles. The molecule has 0 spiro atoms. The number of aliphatic hydroxyl groups excluding tert-OH is 1. The molecule has 0 aliphatic carbocycles. The predicted molar refractivity (Wildman–Crippen MR) is 60.9 cm³/mol. The van der Waals surface area contributed by atoms with Gasteiger partial charge in [0.15, 0.2) is 0 Å². The van der Waals surface area contributed by atoms with Crippen molar-refractivity contribution in [3.8, 4) is 0 Å². The second-order valence-corrected chi connectivity index (χ2v) is 4.10. The van der Waals surface area contributed by atoms with Crippen LogP contribution in [0.2, 0.25) is 0 Å². The van der Waals surface area contributed by atoms with Crippen molar-refractivity contribution in [2.75, 3.05) is 0 Å². The number of benzene rings is 1. The Morgan fingerprint density at radius 2 is 1.87 bits per heavy atom. The van der Waals surface area contributed by atoms with Gasteiger partial charge in [-0.3, -0.25) is 0 Å². The average Bonchev–Trinajstić information content (AvgIpc) is 2.18. The summed E-state index contributed by atoms with van der Waals surface area (Å²) in [5.74, 6) is 0.281. The Labute approximate surface area is 90.9 Å². The molecule has 0 saturated heterocycles. The van der Waals surface area contributed by atoms with Crippen LogP contribution in [0, 0.1) is 0 Å². The molecule has 0 aromatic heterocycles. The predicted octanol–water partition coefficient (Wildman–Crippen LogP) is 2.30. The van der Waals surface area contributed by atoms with E-state index in [9.17, 15) is 9.90 Å². The fourth-order valence-corrected chi connectivity index (χ4v) is 1.60. The first-order valence-electron chi connectivity index (χ1n) is 5.34. The molecule has 0 saturated carbocycles. The fraction of sp³-hybridized carbons (Fsp3) is 0.462. The van der Waals surface area contributed by atoms with Crippen LogP contribution in [0.3, 0.4) is 0 Å². The van der Waals surface area contributed by atoms with E-state index < -0.39 is 0 Å². The van der Waals surface area contributed by atoms with Crippen molar-refractivity contribution in [1.82, 2.24) is 0 Å². The minimum Gasteiger partial charge on any atom is -0.393 e. The van der Waals surface area contributed by atoms with Crippen LogP contribution in [0.25, 0.3) is 0 Å². The standard InChI is InChI=1S/C13H18O2/c1-10(7-8-14)13-5-3-12(4-6-13)9-11(2)15/h3-6,8,10-11,15H,7,9H2,1-2H3. The van der Waals surface area contributed by atoms with E-state index in [1.54, 1.807) is 6.92 Å². The van der Waals surface area contributed by atoms with Gasteiger partial charge < -0.3 is 9.90 Å². The second kappa shape index (κ2) is 5.66. The Morgan fingerprint density at radius 3 is 2.33 bits per heavy atom. The third-order valence-corrected chi connectivity index (χ3v) is 2.53. The summed E-state index contributed by atoms with van der Waals surface area (Å²) in [5, 5.41) is 9.22. The molecule has 1 aromatic carbocycles. The highest BCUT2D eigenvalue weighted by Crippen LogP contribution is 2.18. The molecule has 1 N–H and O–H groups in total. The maximum Gasteiger partial charge on any atom is 0.120 e. The first kappa shape index (κ1) is 11.9. The Balaban J connectivity index is 2.67. The number of carbonyl (C=O) groups excluding carboxylic acids is 1. The van der Waals surface area contributed by atoms with Crippen LogP contribution in [-0.2, 0) is 11.2 Å². The molecule has 15 heavy (non-hydrogen) atoms. The van der Waals surface area contributed by atoms with Crippen molar-refractivity contribution in [2.24, 2.45) is 0 Å². The van der Waals surface area contributed by atoms with Gasteiger partial charge in [0.1, 0.15) is 6.29 Å². The van der Waals surface area contributed by atoms with E-state index in [1.807, 2.05) is 31.2 Å². The summed E-state index contributed by atoms with van der Waals surface area (Å²) in [6.45, 7) is 3.82. The van der Waals surface area contributed by atoms with Crippen molar-refractivity contribution in [2.45, 2.75) is 38.7 Å². The maximum absolute atomic E-state index is 10.4. The van der Waals surface area contributed by atoms with Crippen molar-refractivity contribution in [3.05, 3.63) is 35.4 Å². The van der Waals surface area contributed by atoms with Crippen LogP contribution in [0.4, 0.5) is 0 Å². The molecule has 0 radical (unpaired) electrons. The van der Waals surface area contributed by atoms with E-state index in [4.69, 9.17) is 0 Å². The van der Waals surface area contributed by atoms with Crippen molar-refractivity contribution in [1.29, 1.82) is 0 Å². The molecule has 2 atom stereocenters. The van der Waals surface area contributed by atoms with E-state index in [0.717, 1.165) is 11.8 Å². The molecular weight excluding hydrogens is 188 g/mol. The molecule has 0 fully saturated rings. The van der Waals surface area contributed by atoms with E-state index in [0.29, 0.717) is 12.8 Å². The van der Waals surface area contributed by atoms with Crippen LogP contribution in [0.15, 0.2) is 24.3 Å². The van der Waals surface area contributed by atoms with Gasteiger partial charge in [0.25, 0.3) is 0 Å². The van der Waals surface area contributed by atoms with E-state index >= 15 is 0 Å². The first-order valence-corrected chi connectivity index (χ1v) is 5.34. The largest absolute Gasteiger partial charge is 0.393 e. The molecule has 0 aliphatic rings. The normalized spacial score (nSPS) is 14.6. The molecule has 1 aromatic rings. The van der Waals surface area contributed by atoms with Crippen molar-refractivity contribution < 1.29 is 9.90 Å². The topological polar surface area (TPSA) is 37.3 Å². The number of aliphatic hydroxyl groups is 1. The Kier molecular flexibility index (Phi) is 4.50. The summed E-state index contributed by atoms with van der Waals surface area (Å²) in [6, 6.07) is 8.10. The summed E-state index contributed by atoms with van der Waals surface area (Å²) in [4.78, 5) is 10.4. The summed E-state index contributed by atoms with van der Waals surface area (Å²) in [5.41, 5.74) is 2.31. The minimum absolute atomic E-state index is 0.281. The molecule has 2 heteroatoms. The highest BCUT2D eigenvalue weighted by atomic mass is 16.3. The average molecular weight is 206 g/mol. The fourth-order valence-electron chi connectivity index (χ4n) is 1.60. The summed E-state index contributed by atoms with van der Waals surface area (Å²) in [7, 11) is 0. The quantitative estimate of drug-likeness (QED) is 0.750. The first-order chi connectivity index (χ1) is 7.13. The van der Waals surface area contributed by atoms with E-state index in [-0.39, 0.29) is 12.0 Å². The zero-order chi connectivity index (χ0) is 11.3. The lowest BCUT2D eigenvalue weighted by Gasteiger charge is -2.10. The lowest BCUT2D eigenvalue weighted by molar-refractivity contribution is -0.108. The van der Waals surface area contributed by atoms with Crippen LogP contribution in [0.1, 0.15) is 37.3 Å². The van der Waals surface area contributed by atoms with Crippen molar-refractivity contribution in [3.63, 3.8) is 0 Å². The molecule has 0 bridgehead atoms. The Morgan fingerprint density at radius 1 is 1.27 bits per heavy atom. The van der Waals surface area contributed by atoms with E-state index in [1.165, 1.54) is 5.56 Å². The number of aldehydes is 1. The van der Waals surface area contributed by atoms with Crippen LogP contribution in [0.5, 0.6) is 0 Å². The lowest BCUT2D eigenvalue weighted by Crippen LogP contribution is -2.04. The lowest BCUT2D eigenvalue weighted by atomic mass is 9.96. The van der Waals surface area contributed by atoms with Gasteiger partial charge in [-0.1, -0.05) is 31.2 Å². The summed E-state index contributed by atoms with van der Waals surface area (Å²) >= 11 is 0. The highest BCUT2D eigenvalue weighted by Gasteiger charge is 2.05. The smallest absolute Gasteiger partial charge is 0.120 e. The Hall–Kier alpha value is -1.15. The van der Waals surface area contributed by atoms with Crippen LogP contribution < -0.4 is 0 Å². The van der Waals surface area contributed by atoms with Gasteiger partial charge in [-0.2, -0.15) is 0 Å². The molecule has 1 rings (SSSR count). The third-order valence-electron chi connectivity index (χ3n) is 2.53. The molecular formula is C13H18O2. The van der Waals surface area contributed by atoms with Gasteiger partial charge >= 0.3 is 0 Å². The number of rotatable bonds is 5. The van der Waals surface area contributed by atoms with Crippen molar-refractivity contribution >= 4 is 6.29 Å². The number of hydrogen-bond acceptors (Lipinski definition) is 2. The van der Waals surface area contributed by atoms with Crippen LogP contribution in [-0.4, -0.2) is 17.5 Å². The van der Waals surface area contributed by atoms with Gasteiger partial charge in [-0.25, -0.2) is 0 Å². The molecule has 2 nitrogen and oxygen atoms in total. The van der Waals surface area contributed by atoms with Gasteiger partial charge in [0.05, 0.1) is 6.10 Å². The maximum atomic E-state index is 10.4. The zero-order valence-electron chi connectivity index (χ0n) is 9.31. The second-order valence-electron chi connectivity index (χ2n) is 4.10. The Bertz CT molecular complexity index is 301. The zero-order valence-corrected chi connectivity index (χ0v) is 9.31. The molecule has 2 unspecified atom stereocenters. The SMILES string of the molecule is CC(O)Cc1ccc(C(C)CC=O)cc1. The minimum atomic E-state index is -0.303. The number of hydrogen-bond donors (Lipinski definition) is 1. The van der Waals surface area contributed by atoms with Gasteiger partial charge in [0.2, 0.25) is 0 Å². The molecule has 0 heterocycles. The summed E-state index contributed by atoms with van der Waals surface area (Å²) in [6.07, 6.45) is 1.90. The van der Waals surface area contributed by atoms with E-state index in [2.05, 4.69) is 0 Å². The number of carbonyl (C=O) groups is 1. The molecule has 82 valence electrons. The van der Waals surface area contributed by atoms with Gasteiger partial charge in [-0.05, 0) is 30.4 Å². The highest BCUT2D eigenvalue weighted by molar-refractivity contribution is 5.51. The third kappa shape index (κ3) is 3.84. The van der Waals surface area contributed by atoms with Gasteiger partial charge in [0, 0.05) is 6.42 Å². The monoisotopic (exact) mass is 206 g/mol. The van der Waals surface area contributed by atoms with Gasteiger partial charge in [-0.15, -0.1) is 0 Å². The molecule has 0 amide bonds.